The zero-order valence-corrected chi connectivity index (χ0v) is 17.0. The number of phenols is 1. The van der Waals surface area contributed by atoms with Gasteiger partial charge in [0.25, 0.3) is 5.91 Å². The van der Waals surface area contributed by atoms with Gasteiger partial charge in [-0.25, -0.2) is 0 Å². The van der Waals surface area contributed by atoms with Crippen molar-refractivity contribution in [2.75, 3.05) is 13.1 Å². The fraction of sp³-hybridized carbons (Fsp3) is 0.348. The van der Waals surface area contributed by atoms with Gasteiger partial charge in [-0.15, -0.1) is 0 Å². The molecule has 30 heavy (non-hydrogen) atoms. The van der Waals surface area contributed by atoms with Gasteiger partial charge in [0.1, 0.15) is 11.8 Å². The summed E-state index contributed by atoms with van der Waals surface area (Å²) in [5.74, 6) is -0.459. The Morgan fingerprint density at radius 3 is 2.87 bits per heavy atom. The minimum Gasteiger partial charge on any atom is -0.506 e. The second kappa shape index (κ2) is 8.57. The van der Waals surface area contributed by atoms with E-state index in [1.54, 1.807) is 21.7 Å². The number of aromatic nitrogens is 2. The lowest BCUT2D eigenvalue weighted by atomic mass is 10.0. The first-order valence-electron chi connectivity index (χ1n) is 10.3. The first kappa shape index (κ1) is 19.9. The summed E-state index contributed by atoms with van der Waals surface area (Å²) in [6.45, 7) is 1.06. The summed E-state index contributed by atoms with van der Waals surface area (Å²) in [7, 11) is 1.88. The molecule has 1 unspecified atom stereocenters. The quantitative estimate of drug-likeness (QED) is 0.616. The fourth-order valence-corrected chi connectivity index (χ4v) is 4.09. The number of nitrogens with one attached hydrogen (secondary N) is 1. The molecule has 3 aromatic rings. The van der Waals surface area contributed by atoms with Gasteiger partial charge in [-0.1, -0.05) is 30.3 Å². The molecule has 2 heterocycles. The normalized spacial score (nSPS) is 16.2. The lowest BCUT2D eigenvalue weighted by Crippen LogP contribution is -2.46. The lowest BCUT2D eigenvalue weighted by molar-refractivity contribution is -0.124. The van der Waals surface area contributed by atoms with E-state index in [1.165, 1.54) is 0 Å². The van der Waals surface area contributed by atoms with E-state index in [0.717, 1.165) is 30.2 Å². The summed E-state index contributed by atoms with van der Waals surface area (Å²) in [6.07, 6.45) is 6.85. The molecule has 2 amide bonds. The average Bonchev–Trinajstić information content (AvgIpc) is 3.40. The molecule has 0 spiro atoms. The first-order chi connectivity index (χ1) is 14.5. The number of carbonyl (C=O) groups excluding carboxylic acids is 2. The zero-order valence-electron chi connectivity index (χ0n) is 17.0. The van der Waals surface area contributed by atoms with Crippen molar-refractivity contribution in [1.82, 2.24) is 20.0 Å². The molecule has 1 fully saturated rings. The average molecular weight is 406 g/mol. The summed E-state index contributed by atoms with van der Waals surface area (Å²) < 4.78 is 1.76. The van der Waals surface area contributed by atoms with Crippen molar-refractivity contribution in [2.24, 2.45) is 7.05 Å². The molecule has 4 rings (SSSR count). The van der Waals surface area contributed by atoms with Crippen LogP contribution < -0.4 is 5.32 Å². The molecule has 2 N–H and O–H groups in total. The first-order valence-corrected chi connectivity index (χ1v) is 10.3. The van der Waals surface area contributed by atoms with Gasteiger partial charge in [-0.05, 0) is 42.7 Å². The molecule has 1 aromatic heterocycles. The van der Waals surface area contributed by atoms with Gasteiger partial charge >= 0.3 is 0 Å². The number of hydrogen-bond donors (Lipinski definition) is 2. The molecule has 7 heteroatoms. The van der Waals surface area contributed by atoms with Crippen molar-refractivity contribution in [3.05, 3.63) is 59.9 Å². The maximum Gasteiger partial charge on any atom is 0.258 e. The third-order valence-corrected chi connectivity index (χ3v) is 5.65. The zero-order chi connectivity index (χ0) is 21.1. The Labute approximate surface area is 175 Å². The summed E-state index contributed by atoms with van der Waals surface area (Å²) in [5, 5.41) is 19.2. The number of aryl methyl sites for hydroxylation is 2. The number of rotatable bonds is 6. The number of aromatic hydroxyl groups is 1. The van der Waals surface area contributed by atoms with Crippen molar-refractivity contribution in [3.8, 4) is 5.75 Å². The van der Waals surface area contributed by atoms with E-state index in [0.29, 0.717) is 24.9 Å². The van der Waals surface area contributed by atoms with E-state index >= 15 is 0 Å². The molecule has 0 saturated carbocycles. The highest BCUT2D eigenvalue weighted by molar-refractivity contribution is 6.05. The second-order valence-corrected chi connectivity index (χ2v) is 7.76. The number of nitrogens with zero attached hydrogens (tertiary/aromatic N) is 3. The van der Waals surface area contributed by atoms with Gasteiger partial charge in [0.15, 0.2) is 0 Å². The van der Waals surface area contributed by atoms with Crippen LogP contribution in [0.5, 0.6) is 5.75 Å². The Bertz CT molecular complexity index is 1080. The Morgan fingerprint density at radius 2 is 2.07 bits per heavy atom. The molecule has 1 atom stereocenters. The molecule has 1 aliphatic heterocycles. The number of likely N-dealkylation sites (tertiary alicyclic amines) is 1. The Kier molecular flexibility index (Phi) is 5.70. The number of hydrogen-bond acceptors (Lipinski definition) is 4. The van der Waals surface area contributed by atoms with E-state index in [2.05, 4.69) is 10.4 Å². The lowest BCUT2D eigenvalue weighted by Gasteiger charge is -2.24. The van der Waals surface area contributed by atoms with Gasteiger partial charge in [-0.3, -0.25) is 14.3 Å². The van der Waals surface area contributed by atoms with Crippen molar-refractivity contribution >= 4 is 22.6 Å². The predicted molar refractivity (Wildman–Crippen MR) is 114 cm³/mol. The maximum atomic E-state index is 13.1. The van der Waals surface area contributed by atoms with Crippen LogP contribution in [0.3, 0.4) is 0 Å². The van der Waals surface area contributed by atoms with Crippen LogP contribution in [0.2, 0.25) is 0 Å². The molecular weight excluding hydrogens is 380 g/mol. The fourth-order valence-electron chi connectivity index (χ4n) is 4.09. The standard InChI is InChI=1S/C23H26N4O3/c1-26-15-16(14-25-26)6-4-12-24-22(29)20-9-5-13-27(20)23(30)19-11-10-17-7-2-3-8-18(17)21(19)28/h2-3,7-8,10-11,14-15,20,28H,4-6,9,12-13H2,1H3,(H,24,29). The van der Waals surface area contributed by atoms with E-state index in [9.17, 15) is 14.7 Å². The van der Waals surface area contributed by atoms with Crippen LogP contribution in [-0.4, -0.2) is 50.7 Å². The summed E-state index contributed by atoms with van der Waals surface area (Å²) >= 11 is 0. The number of phenolic OH excluding ortho intramolecular Hbond substituents is 1. The Morgan fingerprint density at radius 1 is 1.23 bits per heavy atom. The van der Waals surface area contributed by atoms with E-state index in [4.69, 9.17) is 0 Å². The van der Waals surface area contributed by atoms with E-state index in [1.807, 2.05) is 43.7 Å². The van der Waals surface area contributed by atoms with Crippen LogP contribution in [0.25, 0.3) is 10.8 Å². The number of benzene rings is 2. The van der Waals surface area contributed by atoms with Crippen molar-refractivity contribution < 1.29 is 14.7 Å². The van der Waals surface area contributed by atoms with Crippen LogP contribution in [0.1, 0.15) is 35.2 Å². The smallest absolute Gasteiger partial charge is 0.258 e. The summed E-state index contributed by atoms with van der Waals surface area (Å²) in [6, 6.07) is 10.4. The molecule has 156 valence electrons. The molecular formula is C23H26N4O3. The second-order valence-electron chi connectivity index (χ2n) is 7.76. The van der Waals surface area contributed by atoms with Gasteiger partial charge in [-0.2, -0.15) is 5.10 Å². The Hall–Kier alpha value is -3.35. The highest BCUT2D eigenvalue weighted by atomic mass is 16.3. The minimum absolute atomic E-state index is 0.0272. The summed E-state index contributed by atoms with van der Waals surface area (Å²) in [4.78, 5) is 27.4. The van der Waals surface area contributed by atoms with Crippen LogP contribution >= 0.6 is 0 Å². The van der Waals surface area contributed by atoms with Gasteiger partial charge in [0.2, 0.25) is 5.91 Å². The number of carbonyl (C=O) groups is 2. The Balaban J connectivity index is 1.39. The van der Waals surface area contributed by atoms with Crippen LogP contribution in [0.4, 0.5) is 0 Å². The van der Waals surface area contributed by atoms with Crippen LogP contribution in [-0.2, 0) is 18.3 Å². The largest absolute Gasteiger partial charge is 0.506 e. The monoisotopic (exact) mass is 406 g/mol. The third-order valence-electron chi connectivity index (χ3n) is 5.65. The van der Waals surface area contributed by atoms with E-state index in [-0.39, 0.29) is 23.1 Å². The third kappa shape index (κ3) is 4.01. The van der Waals surface area contributed by atoms with Gasteiger partial charge in [0.05, 0.1) is 11.8 Å². The molecule has 7 nitrogen and oxygen atoms in total. The highest BCUT2D eigenvalue weighted by Crippen LogP contribution is 2.31. The van der Waals surface area contributed by atoms with Crippen LogP contribution in [0, 0.1) is 0 Å². The summed E-state index contributed by atoms with van der Waals surface area (Å²) in [5.41, 5.74) is 1.38. The molecule has 0 bridgehead atoms. The van der Waals surface area contributed by atoms with Crippen molar-refractivity contribution in [3.63, 3.8) is 0 Å². The molecule has 1 aliphatic rings. The van der Waals surface area contributed by atoms with Gasteiger partial charge < -0.3 is 15.3 Å². The molecule has 1 saturated heterocycles. The van der Waals surface area contributed by atoms with Gasteiger partial charge in [0, 0.05) is 31.7 Å². The molecule has 0 aliphatic carbocycles. The van der Waals surface area contributed by atoms with Crippen molar-refractivity contribution in [1.29, 1.82) is 0 Å². The predicted octanol–water partition coefficient (Wildman–Crippen LogP) is 2.63. The molecule has 2 aromatic carbocycles. The topological polar surface area (TPSA) is 87.5 Å². The van der Waals surface area contributed by atoms with Crippen LogP contribution in [0.15, 0.2) is 48.8 Å². The minimum atomic E-state index is -0.498. The van der Waals surface area contributed by atoms with Crippen molar-refractivity contribution in [2.45, 2.75) is 31.7 Å². The maximum absolute atomic E-state index is 13.1. The number of fused-ring (bicyclic) bond motifs is 1. The SMILES string of the molecule is Cn1cc(CCCNC(=O)C2CCCN2C(=O)c2ccc3ccccc3c2O)cn1. The van der Waals surface area contributed by atoms with E-state index < -0.39 is 6.04 Å². The molecule has 0 radical (unpaired) electrons. The number of amides is 2. The highest BCUT2D eigenvalue weighted by Gasteiger charge is 2.35.